The van der Waals surface area contributed by atoms with Gasteiger partial charge >= 0.3 is 11.8 Å². The van der Waals surface area contributed by atoms with Gasteiger partial charge in [-0.3, -0.25) is 14.4 Å². The van der Waals surface area contributed by atoms with Gasteiger partial charge in [0.1, 0.15) is 0 Å². The molecule has 0 aliphatic rings. The highest BCUT2D eigenvalue weighted by Crippen LogP contribution is 2.12. The molecule has 0 bridgehead atoms. The van der Waals surface area contributed by atoms with E-state index in [9.17, 15) is 14.4 Å². The molecular formula is C19H16N4O3. The normalized spacial score (nSPS) is 10.8. The summed E-state index contributed by atoms with van der Waals surface area (Å²) in [4.78, 5) is 38.4. The number of para-hydroxylation sites is 2. The third-order valence-corrected chi connectivity index (χ3v) is 3.75. The largest absolute Gasteiger partial charge is 0.329 e. The number of H-pyrrole nitrogens is 1. The molecule has 0 spiro atoms. The number of rotatable bonds is 3. The number of carbonyl (C=O) groups excluding carboxylic acids is 2. The average molecular weight is 348 g/mol. The average Bonchev–Trinajstić information content (AvgIpc) is 2.63. The number of anilines is 1. The van der Waals surface area contributed by atoms with Crippen LogP contribution in [0.5, 0.6) is 0 Å². The van der Waals surface area contributed by atoms with Gasteiger partial charge in [0, 0.05) is 11.2 Å². The summed E-state index contributed by atoms with van der Waals surface area (Å²) in [7, 11) is 0. The zero-order valence-corrected chi connectivity index (χ0v) is 13.9. The number of nitrogens with zero attached hydrogens (tertiary/aromatic N) is 1. The van der Waals surface area contributed by atoms with Crippen LogP contribution in [0.3, 0.4) is 0 Å². The minimum absolute atomic E-state index is 0.267. The summed E-state index contributed by atoms with van der Waals surface area (Å²) in [5.74, 6) is -1.77. The fourth-order valence-electron chi connectivity index (χ4n) is 2.36. The molecule has 1 heterocycles. The van der Waals surface area contributed by atoms with Gasteiger partial charge < -0.3 is 10.3 Å². The summed E-state index contributed by atoms with van der Waals surface area (Å²) in [6.07, 6.45) is 1.20. The van der Waals surface area contributed by atoms with Crippen molar-refractivity contribution in [3.05, 3.63) is 76.1 Å². The van der Waals surface area contributed by atoms with Crippen LogP contribution in [0.2, 0.25) is 0 Å². The van der Waals surface area contributed by atoms with E-state index in [1.54, 1.807) is 24.3 Å². The molecule has 0 saturated heterocycles. The number of aryl methyl sites for hydroxylation is 1. The summed E-state index contributed by atoms with van der Waals surface area (Å²) in [6.45, 7) is 1.82. The number of hydrazone groups is 1. The first-order valence-corrected chi connectivity index (χ1v) is 7.86. The molecule has 3 aromatic rings. The Bertz CT molecular complexity index is 1070. The Labute approximate surface area is 148 Å². The van der Waals surface area contributed by atoms with E-state index in [-0.39, 0.29) is 11.1 Å². The first-order valence-electron chi connectivity index (χ1n) is 7.86. The van der Waals surface area contributed by atoms with E-state index >= 15 is 0 Å². The van der Waals surface area contributed by atoms with Crippen molar-refractivity contribution in [1.82, 2.24) is 10.4 Å². The maximum absolute atomic E-state index is 12.0. The molecule has 1 aromatic heterocycles. The summed E-state index contributed by atoms with van der Waals surface area (Å²) in [5, 5.41) is 7.02. The van der Waals surface area contributed by atoms with E-state index in [0.29, 0.717) is 11.2 Å². The van der Waals surface area contributed by atoms with Crippen molar-refractivity contribution in [2.24, 2.45) is 5.10 Å². The second kappa shape index (κ2) is 7.43. The first-order chi connectivity index (χ1) is 12.5. The number of hydrogen-bond acceptors (Lipinski definition) is 4. The van der Waals surface area contributed by atoms with Crippen molar-refractivity contribution in [1.29, 1.82) is 0 Å². The number of benzene rings is 2. The van der Waals surface area contributed by atoms with E-state index in [0.717, 1.165) is 10.9 Å². The van der Waals surface area contributed by atoms with Gasteiger partial charge in [0.25, 0.3) is 5.56 Å². The molecule has 3 rings (SSSR count). The van der Waals surface area contributed by atoms with Crippen molar-refractivity contribution >= 4 is 34.6 Å². The third-order valence-electron chi connectivity index (χ3n) is 3.75. The van der Waals surface area contributed by atoms with Crippen LogP contribution in [0, 0.1) is 6.92 Å². The van der Waals surface area contributed by atoms with Crippen molar-refractivity contribution < 1.29 is 9.59 Å². The topological polar surface area (TPSA) is 103 Å². The van der Waals surface area contributed by atoms with E-state index in [1.165, 1.54) is 6.21 Å². The van der Waals surface area contributed by atoms with Crippen LogP contribution in [0.15, 0.2) is 64.5 Å². The Morgan fingerprint density at radius 1 is 1.04 bits per heavy atom. The lowest BCUT2D eigenvalue weighted by molar-refractivity contribution is -0.136. The molecule has 0 unspecified atom stereocenters. The standard InChI is InChI=1S/C19H16N4O3/c1-12-6-2-4-8-15(12)21-18(25)19(26)23-20-11-14-10-13-7-3-5-9-16(13)22-17(14)24/h2-11H,1H3,(H,21,25)(H,22,24)(H,23,26)/b20-11-. The van der Waals surface area contributed by atoms with E-state index in [2.05, 4.69) is 20.8 Å². The summed E-state index contributed by atoms with van der Waals surface area (Å²) in [5.41, 5.74) is 4.12. The molecule has 3 N–H and O–H groups in total. The lowest BCUT2D eigenvalue weighted by Crippen LogP contribution is -2.32. The van der Waals surface area contributed by atoms with Crippen LogP contribution in [0.1, 0.15) is 11.1 Å². The molecule has 0 aliphatic heterocycles. The second-order valence-electron chi connectivity index (χ2n) is 5.61. The van der Waals surface area contributed by atoms with Crippen molar-refractivity contribution in [2.45, 2.75) is 6.92 Å². The number of hydrogen-bond donors (Lipinski definition) is 3. The zero-order valence-electron chi connectivity index (χ0n) is 13.9. The van der Waals surface area contributed by atoms with Crippen LogP contribution >= 0.6 is 0 Å². The fraction of sp³-hybridized carbons (Fsp3) is 0.0526. The van der Waals surface area contributed by atoms with Crippen LogP contribution < -0.4 is 16.3 Å². The quantitative estimate of drug-likeness (QED) is 0.383. The molecular weight excluding hydrogens is 332 g/mol. The molecule has 2 aromatic carbocycles. The van der Waals surface area contributed by atoms with Crippen LogP contribution in [0.4, 0.5) is 5.69 Å². The monoisotopic (exact) mass is 348 g/mol. The van der Waals surface area contributed by atoms with E-state index < -0.39 is 11.8 Å². The van der Waals surface area contributed by atoms with E-state index in [1.807, 2.05) is 37.3 Å². The maximum atomic E-state index is 12.0. The van der Waals surface area contributed by atoms with Crippen LogP contribution in [-0.2, 0) is 9.59 Å². The zero-order chi connectivity index (χ0) is 18.5. The Morgan fingerprint density at radius 2 is 1.77 bits per heavy atom. The van der Waals surface area contributed by atoms with Crippen molar-refractivity contribution in [3.8, 4) is 0 Å². The van der Waals surface area contributed by atoms with Gasteiger partial charge in [0.2, 0.25) is 0 Å². The first kappa shape index (κ1) is 17.1. The van der Waals surface area contributed by atoms with Gasteiger partial charge in [0.05, 0.1) is 11.8 Å². The van der Waals surface area contributed by atoms with Gasteiger partial charge in [-0.1, -0.05) is 36.4 Å². The van der Waals surface area contributed by atoms with Crippen molar-refractivity contribution in [2.75, 3.05) is 5.32 Å². The van der Waals surface area contributed by atoms with Gasteiger partial charge in [-0.15, -0.1) is 0 Å². The lowest BCUT2D eigenvalue weighted by atomic mass is 10.2. The highest BCUT2D eigenvalue weighted by atomic mass is 16.2. The van der Waals surface area contributed by atoms with Crippen molar-refractivity contribution in [3.63, 3.8) is 0 Å². The van der Waals surface area contributed by atoms with Crippen LogP contribution in [-0.4, -0.2) is 23.0 Å². The Balaban J connectivity index is 1.67. The highest BCUT2D eigenvalue weighted by molar-refractivity contribution is 6.39. The lowest BCUT2D eigenvalue weighted by Gasteiger charge is -2.06. The minimum Gasteiger partial charge on any atom is -0.321 e. The predicted octanol–water partition coefficient (Wildman–Crippen LogP) is 1.93. The summed E-state index contributed by atoms with van der Waals surface area (Å²) in [6, 6.07) is 16.0. The van der Waals surface area contributed by atoms with Gasteiger partial charge in [-0.25, -0.2) is 5.43 Å². The Morgan fingerprint density at radius 3 is 2.58 bits per heavy atom. The van der Waals surface area contributed by atoms with Gasteiger partial charge in [-0.2, -0.15) is 5.10 Å². The third kappa shape index (κ3) is 3.84. The highest BCUT2D eigenvalue weighted by Gasteiger charge is 2.13. The minimum atomic E-state index is -0.929. The number of carbonyl (C=O) groups is 2. The molecule has 130 valence electrons. The molecule has 7 nitrogen and oxygen atoms in total. The molecule has 0 aliphatic carbocycles. The number of fused-ring (bicyclic) bond motifs is 1. The van der Waals surface area contributed by atoms with Crippen LogP contribution in [0.25, 0.3) is 10.9 Å². The smallest absolute Gasteiger partial charge is 0.321 e. The number of aromatic nitrogens is 1. The summed E-state index contributed by atoms with van der Waals surface area (Å²) < 4.78 is 0. The number of aromatic amines is 1. The number of amides is 2. The number of nitrogens with one attached hydrogen (secondary N) is 3. The Hall–Kier alpha value is -3.74. The van der Waals surface area contributed by atoms with Gasteiger partial charge in [-0.05, 0) is 36.1 Å². The molecule has 7 heteroatoms. The molecule has 26 heavy (non-hydrogen) atoms. The SMILES string of the molecule is Cc1ccccc1NC(=O)C(=O)N/N=C\c1cc2ccccc2[nH]c1=O. The Kier molecular flexibility index (Phi) is 4.89. The maximum Gasteiger partial charge on any atom is 0.329 e. The predicted molar refractivity (Wildman–Crippen MR) is 100 cm³/mol. The molecule has 0 radical (unpaired) electrons. The van der Waals surface area contributed by atoms with Gasteiger partial charge in [0.15, 0.2) is 0 Å². The second-order valence-corrected chi connectivity index (χ2v) is 5.61. The molecule has 0 fully saturated rings. The molecule has 2 amide bonds. The fourth-order valence-corrected chi connectivity index (χ4v) is 2.36. The molecule has 0 atom stereocenters. The summed E-state index contributed by atoms with van der Waals surface area (Å²) >= 11 is 0. The number of pyridine rings is 1. The van der Waals surface area contributed by atoms with E-state index in [4.69, 9.17) is 0 Å². The molecule has 0 saturated carbocycles.